The number of rotatable bonds is 2. The molecule has 2 heterocycles. The molecule has 132 valence electrons. The van der Waals surface area contributed by atoms with Gasteiger partial charge in [0.2, 0.25) is 0 Å². The maximum Gasteiger partial charge on any atom is 0.340 e. The van der Waals surface area contributed by atoms with Crippen molar-refractivity contribution in [3.05, 3.63) is 34.4 Å². The molecule has 0 saturated heterocycles. The van der Waals surface area contributed by atoms with Crippen molar-refractivity contribution < 1.29 is 14.3 Å². The van der Waals surface area contributed by atoms with Crippen LogP contribution in [0.1, 0.15) is 58.1 Å². The fourth-order valence-electron chi connectivity index (χ4n) is 3.60. The molecule has 0 unspecified atom stereocenters. The molecule has 1 aliphatic rings. The first-order valence-corrected chi connectivity index (χ1v) is 8.30. The van der Waals surface area contributed by atoms with E-state index in [2.05, 4.69) is 23.9 Å². The number of aromatic nitrogens is 3. The number of esters is 1. The summed E-state index contributed by atoms with van der Waals surface area (Å²) in [5.41, 5.74) is 4.36. The number of carbonyl (C=O) groups is 2. The molecule has 25 heavy (non-hydrogen) atoms. The minimum atomic E-state index is -0.483. The fourth-order valence-corrected chi connectivity index (χ4v) is 3.60. The van der Waals surface area contributed by atoms with Crippen molar-refractivity contribution in [1.82, 2.24) is 14.8 Å². The molecule has 2 aromatic heterocycles. The van der Waals surface area contributed by atoms with Crippen molar-refractivity contribution >= 4 is 11.8 Å². The van der Waals surface area contributed by atoms with Crippen LogP contribution in [-0.2, 0) is 18.2 Å². The second kappa shape index (κ2) is 5.79. The number of ether oxygens (including phenoxy) is 1. The summed E-state index contributed by atoms with van der Waals surface area (Å²) in [6, 6.07) is 0. The zero-order valence-electron chi connectivity index (χ0n) is 15.6. The lowest BCUT2D eigenvalue weighted by molar-refractivity contribution is 0.0600. The van der Waals surface area contributed by atoms with Crippen LogP contribution in [0.15, 0.2) is 6.20 Å². The van der Waals surface area contributed by atoms with Gasteiger partial charge in [-0.1, -0.05) is 13.8 Å². The molecule has 0 fully saturated rings. The van der Waals surface area contributed by atoms with E-state index in [9.17, 15) is 9.59 Å². The highest BCUT2D eigenvalue weighted by Crippen LogP contribution is 2.41. The Kier molecular flexibility index (Phi) is 4.01. The average Bonchev–Trinajstić information content (AvgIpc) is 2.83. The normalized spacial score (nSPS) is 15.8. The third kappa shape index (κ3) is 2.75. The average molecular weight is 341 g/mol. The lowest BCUT2D eigenvalue weighted by atomic mass is 9.73. The summed E-state index contributed by atoms with van der Waals surface area (Å²) in [7, 11) is 3.17. The van der Waals surface area contributed by atoms with Crippen molar-refractivity contribution in [1.29, 1.82) is 0 Å². The lowest BCUT2D eigenvalue weighted by Crippen LogP contribution is -2.30. The van der Waals surface area contributed by atoms with Gasteiger partial charge in [-0.15, -0.1) is 0 Å². The van der Waals surface area contributed by atoms with E-state index in [1.165, 1.54) is 7.11 Å². The summed E-state index contributed by atoms with van der Waals surface area (Å²) in [5, 5.41) is 4.28. The van der Waals surface area contributed by atoms with Crippen LogP contribution in [0.2, 0.25) is 0 Å². The Balaban J connectivity index is 2.41. The highest BCUT2D eigenvalue weighted by Gasteiger charge is 2.37. The Morgan fingerprint density at radius 2 is 1.92 bits per heavy atom. The van der Waals surface area contributed by atoms with Crippen LogP contribution in [0.3, 0.4) is 0 Å². The van der Waals surface area contributed by atoms with Crippen LogP contribution in [-0.4, -0.2) is 33.6 Å². The van der Waals surface area contributed by atoms with Crippen LogP contribution >= 0.6 is 0 Å². The first-order chi connectivity index (χ1) is 11.7. The van der Waals surface area contributed by atoms with Crippen molar-refractivity contribution in [2.45, 2.75) is 40.5 Å². The van der Waals surface area contributed by atoms with Crippen molar-refractivity contribution in [3.63, 3.8) is 0 Å². The largest absolute Gasteiger partial charge is 0.465 e. The standard InChI is InChI=1S/C19H23N3O3/c1-10-15(18(24)25-6)16(12-9-20-22(5)11(12)2)17-13(21-10)7-19(3,4)8-14(17)23/h9H,7-8H2,1-6H3. The number of carbonyl (C=O) groups excluding carboxylic acids is 2. The summed E-state index contributed by atoms with van der Waals surface area (Å²) >= 11 is 0. The second-order valence-corrected chi connectivity index (χ2v) is 7.47. The highest BCUT2D eigenvalue weighted by molar-refractivity contribution is 6.10. The molecule has 0 radical (unpaired) electrons. The molecule has 2 aromatic rings. The van der Waals surface area contributed by atoms with E-state index in [1.54, 1.807) is 17.8 Å². The third-order valence-electron chi connectivity index (χ3n) is 4.91. The Morgan fingerprint density at radius 1 is 1.24 bits per heavy atom. The number of aryl methyl sites for hydroxylation is 2. The van der Waals surface area contributed by atoms with Gasteiger partial charge in [0.25, 0.3) is 0 Å². The maximum absolute atomic E-state index is 13.0. The van der Waals surface area contributed by atoms with E-state index in [1.807, 2.05) is 14.0 Å². The SMILES string of the molecule is COC(=O)c1c(C)nc2c(c1-c1cnn(C)c1C)C(=O)CC(C)(C)C2. The summed E-state index contributed by atoms with van der Waals surface area (Å²) in [6.45, 7) is 7.83. The summed E-state index contributed by atoms with van der Waals surface area (Å²) < 4.78 is 6.71. The van der Waals surface area contributed by atoms with E-state index < -0.39 is 5.97 Å². The zero-order chi connectivity index (χ0) is 18.5. The van der Waals surface area contributed by atoms with Gasteiger partial charge in [-0.25, -0.2) is 4.79 Å². The van der Waals surface area contributed by atoms with E-state index in [4.69, 9.17) is 4.74 Å². The quantitative estimate of drug-likeness (QED) is 0.785. The topological polar surface area (TPSA) is 74.1 Å². The molecule has 1 aliphatic carbocycles. The van der Waals surface area contributed by atoms with Crippen molar-refractivity contribution in [2.75, 3.05) is 7.11 Å². The van der Waals surface area contributed by atoms with Gasteiger partial charge >= 0.3 is 5.97 Å². The second-order valence-electron chi connectivity index (χ2n) is 7.47. The highest BCUT2D eigenvalue weighted by atomic mass is 16.5. The summed E-state index contributed by atoms with van der Waals surface area (Å²) in [5.74, 6) is -0.467. The van der Waals surface area contributed by atoms with Gasteiger partial charge in [0.15, 0.2) is 5.78 Å². The van der Waals surface area contributed by atoms with Gasteiger partial charge in [0, 0.05) is 35.9 Å². The number of pyridine rings is 1. The molecule has 6 nitrogen and oxygen atoms in total. The molecule has 3 rings (SSSR count). The number of methoxy groups -OCH3 is 1. The molecule has 0 saturated carbocycles. The molecule has 0 aromatic carbocycles. The summed E-state index contributed by atoms with van der Waals surface area (Å²) in [4.78, 5) is 30.0. The predicted octanol–water partition coefficient (Wildman–Crippen LogP) is 3.04. The summed E-state index contributed by atoms with van der Waals surface area (Å²) in [6.07, 6.45) is 2.82. The first kappa shape index (κ1) is 17.3. The molecular formula is C19H23N3O3. The fraction of sp³-hybridized carbons (Fsp3) is 0.474. The van der Waals surface area contributed by atoms with E-state index in [0.29, 0.717) is 35.2 Å². The molecular weight excluding hydrogens is 318 g/mol. The predicted molar refractivity (Wildman–Crippen MR) is 93.7 cm³/mol. The number of nitrogens with zero attached hydrogens (tertiary/aromatic N) is 3. The van der Waals surface area contributed by atoms with Gasteiger partial charge in [0.1, 0.15) is 0 Å². The van der Waals surface area contributed by atoms with Crippen LogP contribution in [0.4, 0.5) is 0 Å². The molecule has 0 amide bonds. The van der Waals surface area contributed by atoms with Crippen LogP contribution in [0.25, 0.3) is 11.1 Å². The van der Waals surface area contributed by atoms with Gasteiger partial charge in [-0.05, 0) is 25.7 Å². The van der Waals surface area contributed by atoms with Gasteiger partial charge in [-0.3, -0.25) is 14.5 Å². The number of ketones is 1. The van der Waals surface area contributed by atoms with Crippen LogP contribution in [0.5, 0.6) is 0 Å². The van der Waals surface area contributed by atoms with Crippen molar-refractivity contribution in [2.24, 2.45) is 12.5 Å². The van der Waals surface area contributed by atoms with Crippen molar-refractivity contribution in [3.8, 4) is 11.1 Å². The number of fused-ring (bicyclic) bond motifs is 1. The zero-order valence-corrected chi connectivity index (χ0v) is 15.6. The maximum atomic E-state index is 13.0. The molecule has 0 atom stereocenters. The monoisotopic (exact) mass is 341 g/mol. The van der Waals surface area contributed by atoms with Gasteiger partial charge in [-0.2, -0.15) is 5.10 Å². The Labute approximate surface area is 147 Å². The number of hydrogen-bond acceptors (Lipinski definition) is 5. The smallest absolute Gasteiger partial charge is 0.340 e. The van der Waals surface area contributed by atoms with Gasteiger partial charge < -0.3 is 4.74 Å². The minimum absolute atomic E-state index is 0.0159. The van der Waals surface area contributed by atoms with Crippen LogP contribution in [0, 0.1) is 19.3 Å². The first-order valence-electron chi connectivity index (χ1n) is 8.30. The Morgan fingerprint density at radius 3 is 2.48 bits per heavy atom. The molecule has 0 aliphatic heterocycles. The molecule has 0 bridgehead atoms. The van der Waals surface area contributed by atoms with Gasteiger partial charge in [0.05, 0.1) is 30.3 Å². The van der Waals surface area contributed by atoms with E-state index in [0.717, 1.165) is 17.0 Å². The molecule has 0 N–H and O–H groups in total. The third-order valence-corrected chi connectivity index (χ3v) is 4.91. The van der Waals surface area contributed by atoms with E-state index >= 15 is 0 Å². The van der Waals surface area contributed by atoms with Crippen LogP contribution < -0.4 is 0 Å². The Hall–Kier alpha value is -2.50. The number of hydrogen-bond donors (Lipinski definition) is 0. The molecule has 6 heteroatoms. The minimum Gasteiger partial charge on any atom is -0.465 e. The van der Waals surface area contributed by atoms with E-state index in [-0.39, 0.29) is 11.2 Å². The molecule has 0 spiro atoms. The Bertz CT molecular complexity index is 894. The number of Topliss-reactive ketones (excluding diaryl/α,β-unsaturated/α-hetero) is 1. The lowest BCUT2D eigenvalue weighted by Gasteiger charge is -2.31.